The first-order chi connectivity index (χ1) is 9.72. The quantitative estimate of drug-likeness (QED) is 0.607. The van der Waals surface area contributed by atoms with Gasteiger partial charge in [-0.15, -0.1) is 11.8 Å². The maximum absolute atomic E-state index is 6.17. The van der Waals surface area contributed by atoms with E-state index in [-0.39, 0.29) is 0 Å². The van der Waals surface area contributed by atoms with Gasteiger partial charge in [0.15, 0.2) is 0 Å². The Morgan fingerprint density at radius 1 is 1.35 bits per heavy atom. The molecule has 0 spiro atoms. The van der Waals surface area contributed by atoms with E-state index in [1.165, 1.54) is 35.3 Å². The van der Waals surface area contributed by atoms with E-state index in [4.69, 9.17) is 11.6 Å². The first kappa shape index (κ1) is 14.0. The zero-order valence-corrected chi connectivity index (χ0v) is 13.1. The Morgan fingerprint density at radius 2 is 2.25 bits per heavy atom. The summed E-state index contributed by atoms with van der Waals surface area (Å²) in [7, 11) is 0. The summed E-state index contributed by atoms with van der Waals surface area (Å²) < 4.78 is 0. The molecule has 1 heterocycles. The molecule has 104 valence electrons. The van der Waals surface area contributed by atoms with Crippen molar-refractivity contribution in [2.45, 2.75) is 36.3 Å². The number of nitrogens with zero attached hydrogens (tertiary/aromatic N) is 1. The molecule has 1 aliphatic carbocycles. The van der Waals surface area contributed by atoms with Gasteiger partial charge in [0, 0.05) is 27.6 Å². The molecule has 0 bridgehead atoms. The Kier molecular flexibility index (Phi) is 4.32. The Balaban J connectivity index is 2.00. The van der Waals surface area contributed by atoms with Crippen molar-refractivity contribution in [3.05, 3.63) is 46.6 Å². The van der Waals surface area contributed by atoms with Crippen LogP contribution in [0.15, 0.2) is 45.9 Å². The largest absolute Gasteiger partial charge is 0.265 e. The number of allylic oxidation sites excluding steroid dienone is 1. The fraction of sp³-hybridized carbons (Fsp3) is 0.353. The number of aliphatic imine (C=N–C) groups is 1. The number of rotatable bonds is 0. The van der Waals surface area contributed by atoms with Crippen LogP contribution >= 0.6 is 23.4 Å². The molecule has 2 aliphatic rings. The molecule has 0 N–H and O–H groups in total. The highest BCUT2D eigenvalue weighted by molar-refractivity contribution is 8.00. The van der Waals surface area contributed by atoms with E-state index in [0.717, 1.165) is 10.9 Å². The second-order valence-electron chi connectivity index (χ2n) is 5.52. The lowest BCUT2D eigenvalue weighted by Gasteiger charge is -2.29. The van der Waals surface area contributed by atoms with Gasteiger partial charge in [-0.25, -0.2) is 0 Å². The number of benzene rings is 1. The maximum Gasteiger partial charge on any atom is 0.0417 e. The van der Waals surface area contributed by atoms with Gasteiger partial charge >= 0.3 is 0 Å². The summed E-state index contributed by atoms with van der Waals surface area (Å²) >= 11 is 8.12. The third-order valence-electron chi connectivity index (χ3n) is 3.92. The topological polar surface area (TPSA) is 12.4 Å². The fourth-order valence-electron chi connectivity index (χ4n) is 2.74. The lowest BCUT2D eigenvalue weighted by atomic mass is 9.86. The van der Waals surface area contributed by atoms with E-state index in [0.29, 0.717) is 5.25 Å². The first-order valence-electron chi connectivity index (χ1n) is 7.07. The molecular formula is C17H18ClNS. The van der Waals surface area contributed by atoms with Gasteiger partial charge in [-0.05, 0) is 55.0 Å². The van der Waals surface area contributed by atoms with Crippen LogP contribution in [0.1, 0.15) is 31.7 Å². The molecule has 0 radical (unpaired) electrons. The Morgan fingerprint density at radius 3 is 3.15 bits per heavy atom. The number of fused-ring (bicyclic) bond motifs is 2. The van der Waals surface area contributed by atoms with Crippen LogP contribution in [0.3, 0.4) is 0 Å². The fourth-order valence-corrected chi connectivity index (χ4v) is 4.52. The molecular weight excluding hydrogens is 286 g/mol. The predicted octanol–water partition coefficient (Wildman–Crippen LogP) is 5.60. The average molecular weight is 304 g/mol. The monoisotopic (exact) mass is 303 g/mol. The lowest BCUT2D eigenvalue weighted by Crippen LogP contribution is -2.18. The van der Waals surface area contributed by atoms with Gasteiger partial charge in [0.2, 0.25) is 0 Å². The van der Waals surface area contributed by atoms with Crippen molar-refractivity contribution in [1.29, 1.82) is 0 Å². The third-order valence-corrected chi connectivity index (χ3v) is 5.54. The van der Waals surface area contributed by atoms with Gasteiger partial charge in [0.05, 0.1) is 0 Å². The third kappa shape index (κ3) is 3.18. The highest BCUT2D eigenvalue weighted by Gasteiger charge is 2.24. The molecule has 0 saturated heterocycles. The van der Waals surface area contributed by atoms with Crippen LogP contribution in [0.2, 0.25) is 5.02 Å². The summed E-state index contributed by atoms with van der Waals surface area (Å²) in [5.41, 5.74) is 2.72. The number of hydrogen-bond donors (Lipinski definition) is 0. The molecule has 1 saturated carbocycles. The van der Waals surface area contributed by atoms with Crippen LogP contribution in [-0.2, 0) is 0 Å². The molecule has 1 nitrogen and oxygen atoms in total. The number of thioether (sulfide) groups is 1. The highest BCUT2D eigenvalue weighted by atomic mass is 35.5. The normalized spacial score (nSPS) is 25.6. The summed E-state index contributed by atoms with van der Waals surface area (Å²) in [5, 5.41) is 1.36. The van der Waals surface area contributed by atoms with E-state index in [9.17, 15) is 0 Å². The minimum atomic E-state index is 0.550. The van der Waals surface area contributed by atoms with E-state index < -0.39 is 0 Å². The number of hydrogen-bond acceptors (Lipinski definition) is 2. The molecule has 1 aromatic rings. The van der Waals surface area contributed by atoms with Crippen molar-refractivity contribution in [3.8, 4) is 0 Å². The van der Waals surface area contributed by atoms with Gasteiger partial charge in [-0.3, -0.25) is 4.99 Å². The minimum absolute atomic E-state index is 0.550. The summed E-state index contributed by atoms with van der Waals surface area (Å²) in [5.74, 6) is 0.794. The highest BCUT2D eigenvalue weighted by Crippen LogP contribution is 2.41. The smallest absolute Gasteiger partial charge is 0.0417 e. The predicted molar refractivity (Wildman–Crippen MR) is 89.7 cm³/mol. The van der Waals surface area contributed by atoms with Crippen LogP contribution < -0.4 is 0 Å². The Labute approximate surface area is 129 Å². The average Bonchev–Trinajstić information content (AvgIpc) is 2.43. The van der Waals surface area contributed by atoms with Crippen LogP contribution in [0.5, 0.6) is 0 Å². The second kappa shape index (κ2) is 6.19. The maximum atomic E-state index is 6.17. The molecule has 2 unspecified atom stereocenters. The van der Waals surface area contributed by atoms with Gasteiger partial charge in [-0.2, -0.15) is 0 Å². The molecule has 20 heavy (non-hydrogen) atoms. The number of halogens is 1. The molecule has 2 atom stereocenters. The molecule has 0 aromatic heterocycles. The Hall–Kier alpha value is -0.990. The van der Waals surface area contributed by atoms with Gasteiger partial charge in [0.25, 0.3) is 0 Å². The zero-order valence-electron chi connectivity index (χ0n) is 11.6. The van der Waals surface area contributed by atoms with E-state index >= 15 is 0 Å². The van der Waals surface area contributed by atoms with Crippen molar-refractivity contribution < 1.29 is 0 Å². The van der Waals surface area contributed by atoms with Crippen LogP contribution in [0.4, 0.5) is 0 Å². The van der Waals surface area contributed by atoms with Crippen LogP contribution in [0.25, 0.3) is 6.08 Å². The summed E-state index contributed by atoms with van der Waals surface area (Å²) in [6.07, 6.45) is 11.7. The standard InChI is InChI=1S/C17H18ClNS/c1-12-2-3-13-6-8-19-9-7-14-4-5-15(18)11-17(14)20-16(13)10-12/h4-9,11-12,16H,2-3,10H2,1H3. The van der Waals surface area contributed by atoms with Crippen LogP contribution in [0, 0.1) is 5.92 Å². The molecule has 1 aromatic carbocycles. The molecule has 3 rings (SSSR count). The summed E-state index contributed by atoms with van der Waals surface area (Å²) in [6.45, 7) is 2.35. The SMILES string of the molecule is CC1CCC2=CC=NC=Cc3ccc(Cl)cc3SC2C1. The van der Waals surface area contributed by atoms with Gasteiger partial charge in [-0.1, -0.05) is 30.2 Å². The summed E-state index contributed by atoms with van der Waals surface area (Å²) in [4.78, 5) is 5.60. The van der Waals surface area contributed by atoms with Gasteiger partial charge < -0.3 is 0 Å². The second-order valence-corrected chi connectivity index (χ2v) is 7.20. The van der Waals surface area contributed by atoms with Crippen molar-refractivity contribution in [2.24, 2.45) is 10.9 Å². The van der Waals surface area contributed by atoms with E-state index in [1.54, 1.807) is 0 Å². The van der Waals surface area contributed by atoms with E-state index in [1.807, 2.05) is 30.2 Å². The molecule has 1 aliphatic heterocycles. The minimum Gasteiger partial charge on any atom is -0.265 e. The molecule has 3 heteroatoms. The zero-order chi connectivity index (χ0) is 13.9. The van der Waals surface area contributed by atoms with Crippen LogP contribution in [-0.4, -0.2) is 11.5 Å². The molecule has 0 amide bonds. The van der Waals surface area contributed by atoms with Crippen molar-refractivity contribution in [1.82, 2.24) is 0 Å². The first-order valence-corrected chi connectivity index (χ1v) is 8.33. The van der Waals surface area contributed by atoms with Crippen molar-refractivity contribution in [2.75, 3.05) is 0 Å². The molecule has 1 fully saturated rings. The summed E-state index contributed by atoms with van der Waals surface area (Å²) in [6, 6.07) is 6.10. The van der Waals surface area contributed by atoms with Gasteiger partial charge in [0.1, 0.15) is 0 Å². The van der Waals surface area contributed by atoms with Crippen molar-refractivity contribution >= 4 is 35.7 Å². The Bertz CT molecular complexity index is 589. The van der Waals surface area contributed by atoms with Crippen molar-refractivity contribution in [3.63, 3.8) is 0 Å². The lowest BCUT2D eigenvalue weighted by molar-refractivity contribution is 0.451. The van der Waals surface area contributed by atoms with E-state index in [2.05, 4.69) is 36.2 Å².